The van der Waals surface area contributed by atoms with Gasteiger partial charge in [0, 0.05) is 12.5 Å². The molecule has 0 N–H and O–H groups in total. The highest BCUT2D eigenvalue weighted by molar-refractivity contribution is 5.87. The van der Waals surface area contributed by atoms with Gasteiger partial charge in [0.25, 0.3) is 0 Å². The lowest BCUT2D eigenvalue weighted by atomic mass is 9.90. The number of allylic oxidation sites excluding steroid dienone is 1. The Balaban J connectivity index is 1.85. The van der Waals surface area contributed by atoms with Crippen molar-refractivity contribution >= 4 is 11.9 Å². The van der Waals surface area contributed by atoms with Crippen molar-refractivity contribution in [1.82, 2.24) is 0 Å². The lowest BCUT2D eigenvalue weighted by Gasteiger charge is -2.20. The molecule has 0 spiro atoms. The van der Waals surface area contributed by atoms with Crippen molar-refractivity contribution in [2.75, 3.05) is 0 Å². The van der Waals surface area contributed by atoms with Crippen LogP contribution in [0.4, 0.5) is 0 Å². The number of hydrogen-bond donors (Lipinski definition) is 0. The quantitative estimate of drug-likeness (QED) is 0.450. The van der Waals surface area contributed by atoms with Gasteiger partial charge >= 0.3 is 11.9 Å². The zero-order chi connectivity index (χ0) is 16.4. The van der Waals surface area contributed by atoms with E-state index in [-0.39, 0.29) is 18.0 Å². The van der Waals surface area contributed by atoms with Crippen molar-refractivity contribution in [2.24, 2.45) is 0 Å². The van der Waals surface area contributed by atoms with Gasteiger partial charge in [0.15, 0.2) is 23.6 Å². The molecule has 3 aliphatic rings. The van der Waals surface area contributed by atoms with E-state index in [1.807, 2.05) is 19.9 Å². The Bertz CT molecular complexity index is 729. The van der Waals surface area contributed by atoms with Gasteiger partial charge in [0.05, 0.1) is 6.26 Å². The van der Waals surface area contributed by atoms with Crippen LogP contribution < -0.4 is 0 Å². The monoisotopic (exact) mass is 318 g/mol. The van der Waals surface area contributed by atoms with E-state index >= 15 is 0 Å². The number of fused-ring (bicyclic) bond motifs is 2. The third kappa shape index (κ3) is 1.97. The molecule has 2 fully saturated rings. The second kappa shape index (κ2) is 4.71. The van der Waals surface area contributed by atoms with Crippen molar-refractivity contribution in [2.45, 2.75) is 57.5 Å². The molecule has 23 heavy (non-hydrogen) atoms. The first-order valence-corrected chi connectivity index (χ1v) is 7.74. The fourth-order valence-corrected chi connectivity index (χ4v) is 3.63. The minimum Gasteiger partial charge on any atom is -0.464 e. The topological polar surface area (TPSA) is 78.3 Å². The van der Waals surface area contributed by atoms with Crippen molar-refractivity contribution in [1.29, 1.82) is 0 Å². The van der Waals surface area contributed by atoms with Gasteiger partial charge in [-0.3, -0.25) is 4.79 Å². The van der Waals surface area contributed by atoms with Crippen molar-refractivity contribution in [3.63, 3.8) is 0 Å². The highest BCUT2D eigenvalue weighted by atomic mass is 16.7. The molecule has 0 amide bonds. The van der Waals surface area contributed by atoms with Gasteiger partial charge in [-0.05, 0) is 37.8 Å². The number of epoxide rings is 1. The summed E-state index contributed by atoms with van der Waals surface area (Å²) < 4.78 is 22.5. The standard InChI is InChI=1S/C17H18O6/c1-8-5-4-6-17-15(23-17)14(22-16(17)19)11-9(2)7-20-13(11)12(8)21-10(3)18/h5,7,12,14-15H,4,6H2,1-3H3. The van der Waals surface area contributed by atoms with Crippen LogP contribution in [0.3, 0.4) is 0 Å². The smallest absolute Gasteiger partial charge is 0.342 e. The Hall–Kier alpha value is -2.08. The number of carbonyl (C=O) groups is 2. The Morgan fingerprint density at radius 1 is 1.39 bits per heavy atom. The first kappa shape index (κ1) is 14.5. The van der Waals surface area contributed by atoms with Crippen LogP contribution in [0.5, 0.6) is 0 Å². The van der Waals surface area contributed by atoms with Crippen LogP contribution in [0.2, 0.25) is 0 Å². The van der Waals surface area contributed by atoms with Gasteiger partial charge in [0.2, 0.25) is 0 Å². The Kier molecular flexibility index (Phi) is 2.97. The van der Waals surface area contributed by atoms with E-state index in [0.29, 0.717) is 18.6 Å². The van der Waals surface area contributed by atoms with Crippen LogP contribution in [-0.4, -0.2) is 23.6 Å². The van der Waals surface area contributed by atoms with Gasteiger partial charge in [-0.15, -0.1) is 0 Å². The van der Waals surface area contributed by atoms with E-state index in [9.17, 15) is 9.59 Å². The summed E-state index contributed by atoms with van der Waals surface area (Å²) in [6.45, 7) is 5.14. The maximum Gasteiger partial charge on any atom is 0.342 e. The van der Waals surface area contributed by atoms with Crippen molar-refractivity contribution < 1.29 is 28.2 Å². The van der Waals surface area contributed by atoms with E-state index in [1.54, 1.807) is 6.26 Å². The molecule has 6 nitrogen and oxygen atoms in total. The Morgan fingerprint density at radius 3 is 2.87 bits per heavy atom. The summed E-state index contributed by atoms with van der Waals surface area (Å²) in [5, 5.41) is 0. The van der Waals surface area contributed by atoms with E-state index in [1.165, 1.54) is 6.92 Å². The summed E-state index contributed by atoms with van der Waals surface area (Å²) in [5.41, 5.74) is 1.67. The third-order valence-corrected chi connectivity index (χ3v) is 4.85. The fourth-order valence-electron chi connectivity index (χ4n) is 3.63. The summed E-state index contributed by atoms with van der Waals surface area (Å²) in [4.78, 5) is 23.8. The average Bonchev–Trinajstić information content (AvgIpc) is 3.01. The number of hydrogen-bond acceptors (Lipinski definition) is 6. The molecule has 3 heterocycles. The van der Waals surface area contributed by atoms with E-state index < -0.39 is 17.8 Å². The summed E-state index contributed by atoms with van der Waals surface area (Å²) in [6.07, 6.45) is 3.40. The molecule has 4 rings (SSSR count). The molecule has 2 bridgehead atoms. The van der Waals surface area contributed by atoms with Crippen LogP contribution >= 0.6 is 0 Å². The predicted molar refractivity (Wildman–Crippen MR) is 77.4 cm³/mol. The van der Waals surface area contributed by atoms with E-state index in [2.05, 4.69) is 0 Å². The van der Waals surface area contributed by atoms with E-state index in [4.69, 9.17) is 18.6 Å². The van der Waals surface area contributed by atoms with Gasteiger partial charge < -0.3 is 18.6 Å². The van der Waals surface area contributed by atoms with Crippen LogP contribution in [0.1, 0.15) is 55.8 Å². The summed E-state index contributed by atoms with van der Waals surface area (Å²) in [5.74, 6) is -0.186. The molecule has 0 aromatic carbocycles. The number of rotatable bonds is 1. The van der Waals surface area contributed by atoms with Crippen LogP contribution in [-0.2, 0) is 23.8 Å². The molecule has 2 saturated heterocycles. The average molecular weight is 318 g/mol. The van der Waals surface area contributed by atoms with Gasteiger partial charge in [-0.1, -0.05) is 6.08 Å². The summed E-state index contributed by atoms with van der Waals surface area (Å²) in [6, 6.07) is 0. The lowest BCUT2D eigenvalue weighted by Crippen LogP contribution is -2.22. The maximum absolute atomic E-state index is 12.2. The second-order valence-corrected chi connectivity index (χ2v) is 6.43. The molecule has 1 aromatic rings. The van der Waals surface area contributed by atoms with Gasteiger partial charge in [-0.2, -0.15) is 0 Å². The first-order chi connectivity index (χ1) is 10.9. The normalized spacial score (nSPS) is 34.8. The predicted octanol–water partition coefficient (Wildman–Crippen LogP) is 2.67. The molecule has 122 valence electrons. The second-order valence-electron chi connectivity index (χ2n) is 6.43. The zero-order valence-electron chi connectivity index (χ0n) is 13.3. The number of carbonyl (C=O) groups excluding carboxylic acids is 2. The number of ether oxygens (including phenoxy) is 3. The van der Waals surface area contributed by atoms with Crippen LogP contribution in [0.15, 0.2) is 22.3 Å². The van der Waals surface area contributed by atoms with E-state index in [0.717, 1.165) is 16.7 Å². The fraction of sp³-hybridized carbons (Fsp3) is 0.529. The third-order valence-electron chi connectivity index (χ3n) is 4.85. The minimum atomic E-state index is -0.809. The molecule has 1 aliphatic carbocycles. The van der Waals surface area contributed by atoms with Gasteiger partial charge in [0.1, 0.15) is 6.10 Å². The highest BCUT2D eigenvalue weighted by Gasteiger charge is 2.73. The Labute approximate surface area is 133 Å². The highest BCUT2D eigenvalue weighted by Crippen LogP contribution is 2.57. The van der Waals surface area contributed by atoms with Crippen LogP contribution in [0, 0.1) is 6.92 Å². The molecular weight excluding hydrogens is 300 g/mol. The maximum atomic E-state index is 12.2. The largest absolute Gasteiger partial charge is 0.464 e. The number of furan rings is 1. The molecule has 4 unspecified atom stereocenters. The summed E-state index contributed by atoms with van der Waals surface area (Å²) in [7, 11) is 0. The van der Waals surface area contributed by atoms with Crippen molar-refractivity contribution in [3.8, 4) is 0 Å². The molecule has 6 heteroatoms. The molecule has 2 aliphatic heterocycles. The van der Waals surface area contributed by atoms with Crippen LogP contribution in [0.25, 0.3) is 0 Å². The molecule has 0 radical (unpaired) electrons. The minimum absolute atomic E-state index is 0.283. The van der Waals surface area contributed by atoms with Crippen molar-refractivity contribution in [3.05, 3.63) is 34.8 Å². The lowest BCUT2D eigenvalue weighted by molar-refractivity contribution is -0.154. The number of aryl methyl sites for hydroxylation is 1. The molecule has 0 saturated carbocycles. The Morgan fingerprint density at radius 2 is 2.17 bits per heavy atom. The zero-order valence-corrected chi connectivity index (χ0v) is 13.3. The summed E-state index contributed by atoms with van der Waals surface area (Å²) >= 11 is 0. The molecular formula is C17H18O6. The number of esters is 2. The first-order valence-electron chi connectivity index (χ1n) is 7.74. The molecule has 4 atom stereocenters. The SMILES string of the molecule is CC(=O)OC1C(C)=CCCC23OC2C(OC3=O)c2c(C)coc21. The van der Waals surface area contributed by atoms with Gasteiger partial charge in [-0.25, -0.2) is 4.79 Å². The molecule has 1 aromatic heterocycles.